The van der Waals surface area contributed by atoms with E-state index in [1.54, 1.807) is 24.6 Å². The van der Waals surface area contributed by atoms with Crippen LogP contribution in [0.2, 0.25) is 0 Å². The molecule has 0 radical (unpaired) electrons. The molecule has 1 fully saturated rings. The van der Waals surface area contributed by atoms with Crippen LogP contribution in [0, 0.1) is 0 Å². The quantitative estimate of drug-likeness (QED) is 0.801. The zero-order valence-electron chi connectivity index (χ0n) is 14.0. The van der Waals surface area contributed by atoms with Gasteiger partial charge in [-0.25, -0.2) is 4.68 Å². The lowest BCUT2D eigenvalue weighted by atomic mass is 10.2. The van der Waals surface area contributed by atoms with Crippen LogP contribution >= 0.6 is 0 Å². The lowest BCUT2D eigenvalue weighted by molar-refractivity contribution is 0.177. The lowest BCUT2D eigenvalue weighted by Crippen LogP contribution is -2.51. The predicted octanol–water partition coefficient (Wildman–Crippen LogP) is 0.796. The third-order valence-electron chi connectivity index (χ3n) is 4.23. The minimum Gasteiger partial charge on any atom is -0.296 e. The molecular formula is C16H23N5O2S. The molecule has 0 spiro atoms. The summed E-state index contributed by atoms with van der Waals surface area (Å²) in [6.07, 6.45) is 3.68. The Morgan fingerprint density at radius 2 is 1.75 bits per heavy atom. The third-order valence-corrected chi connectivity index (χ3v) is 6.17. The molecule has 1 aliphatic rings. The van der Waals surface area contributed by atoms with Crippen LogP contribution in [0.3, 0.4) is 0 Å². The van der Waals surface area contributed by atoms with Gasteiger partial charge in [-0.15, -0.1) is 0 Å². The molecule has 3 rings (SSSR count). The Morgan fingerprint density at radius 1 is 1.08 bits per heavy atom. The summed E-state index contributed by atoms with van der Waals surface area (Å²) in [6.45, 7) is 3.38. The molecule has 0 N–H and O–H groups in total. The molecule has 1 aromatic heterocycles. The average Bonchev–Trinajstić information content (AvgIpc) is 3.10. The number of aromatic nitrogens is 2. The Hall–Kier alpha value is -1.74. The van der Waals surface area contributed by atoms with E-state index in [0.717, 1.165) is 25.3 Å². The van der Waals surface area contributed by atoms with E-state index in [-0.39, 0.29) is 0 Å². The number of nitrogens with zero attached hydrogens (tertiary/aromatic N) is 5. The van der Waals surface area contributed by atoms with Gasteiger partial charge in [0, 0.05) is 59.2 Å². The van der Waals surface area contributed by atoms with Crippen molar-refractivity contribution in [1.29, 1.82) is 0 Å². The predicted molar refractivity (Wildman–Crippen MR) is 93.0 cm³/mol. The van der Waals surface area contributed by atoms with Crippen LogP contribution in [-0.2, 0) is 16.8 Å². The number of hydrogen-bond acceptors (Lipinski definition) is 4. The number of benzene rings is 1. The topological polar surface area (TPSA) is 61.7 Å². The first kappa shape index (κ1) is 17.1. The van der Waals surface area contributed by atoms with Crippen molar-refractivity contribution in [3.05, 3.63) is 48.3 Å². The Morgan fingerprint density at radius 3 is 2.29 bits per heavy atom. The van der Waals surface area contributed by atoms with Crippen molar-refractivity contribution in [3.8, 4) is 5.69 Å². The number of hydrogen-bond donors (Lipinski definition) is 0. The fourth-order valence-electron chi connectivity index (χ4n) is 2.78. The molecule has 0 saturated carbocycles. The van der Waals surface area contributed by atoms with Crippen molar-refractivity contribution < 1.29 is 8.42 Å². The van der Waals surface area contributed by atoms with Crippen LogP contribution < -0.4 is 0 Å². The van der Waals surface area contributed by atoms with Crippen LogP contribution in [0.15, 0.2) is 42.7 Å². The summed E-state index contributed by atoms with van der Waals surface area (Å²) in [5.74, 6) is 0. The molecule has 0 unspecified atom stereocenters. The van der Waals surface area contributed by atoms with Crippen LogP contribution in [0.25, 0.3) is 5.69 Å². The molecule has 130 valence electrons. The maximum absolute atomic E-state index is 12.1. The lowest BCUT2D eigenvalue weighted by Gasteiger charge is -2.35. The second kappa shape index (κ2) is 7.02. The summed E-state index contributed by atoms with van der Waals surface area (Å²) in [5.41, 5.74) is 2.25. The van der Waals surface area contributed by atoms with Crippen LogP contribution in [0.4, 0.5) is 0 Å². The fourth-order valence-corrected chi connectivity index (χ4v) is 3.87. The van der Waals surface area contributed by atoms with Crippen molar-refractivity contribution in [2.45, 2.75) is 6.54 Å². The van der Waals surface area contributed by atoms with Gasteiger partial charge in [-0.1, -0.05) is 12.1 Å². The van der Waals surface area contributed by atoms with Gasteiger partial charge in [0.1, 0.15) is 0 Å². The van der Waals surface area contributed by atoms with Crippen molar-refractivity contribution in [3.63, 3.8) is 0 Å². The van der Waals surface area contributed by atoms with E-state index in [0.29, 0.717) is 13.1 Å². The highest BCUT2D eigenvalue weighted by Gasteiger charge is 2.28. The van der Waals surface area contributed by atoms with E-state index < -0.39 is 10.2 Å². The highest BCUT2D eigenvalue weighted by molar-refractivity contribution is 7.86. The van der Waals surface area contributed by atoms with E-state index in [2.05, 4.69) is 34.3 Å². The third kappa shape index (κ3) is 3.67. The summed E-state index contributed by atoms with van der Waals surface area (Å²) < 4.78 is 28.9. The summed E-state index contributed by atoms with van der Waals surface area (Å²) in [6, 6.07) is 10.2. The minimum atomic E-state index is -3.30. The Kier molecular flexibility index (Phi) is 5.00. The standard InChI is InChI=1S/C16H23N5O2S/c1-18(2)24(22,23)20-12-10-19(11-13-20)14-15-4-6-16(7-5-15)21-9-3-8-17-21/h3-9H,10-14H2,1-2H3. The van der Waals surface area contributed by atoms with Gasteiger partial charge in [-0.3, -0.25) is 4.90 Å². The molecule has 1 saturated heterocycles. The smallest absolute Gasteiger partial charge is 0.281 e. The second-order valence-corrected chi connectivity index (χ2v) is 8.22. The fraction of sp³-hybridized carbons (Fsp3) is 0.438. The van der Waals surface area contributed by atoms with E-state index in [4.69, 9.17) is 0 Å². The molecule has 24 heavy (non-hydrogen) atoms. The minimum absolute atomic E-state index is 0.534. The zero-order valence-corrected chi connectivity index (χ0v) is 14.9. The van der Waals surface area contributed by atoms with E-state index in [1.807, 2.05) is 16.9 Å². The summed E-state index contributed by atoms with van der Waals surface area (Å²) >= 11 is 0. The molecule has 2 aromatic rings. The molecule has 1 aromatic carbocycles. The average molecular weight is 349 g/mol. The molecule has 8 heteroatoms. The zero-order chi connectivity index (χ0) is 17.2. The molecule has 7 nitrogen and oxygen atoms in total. The molecular weight excluding hydrogens is 326 g/mol. The van der Waals surface area contributed by atoms with Crippen molar-refractivity contribution in [1.82, 2.24) is 23.3 Å². The van der Waals surface area contributed by atoms with E-state index >= 15 is 0 Å². The van der Waals surface area contributed by atoms with Gasteiger partial charge >= 0.3 is 0 Å². The highest BCUT2D eigenvalue weighted by atomic mass is 32.2. The SMILES string of the molecule is CN(C)S(=O)(=O)N1CCN(Cc2ccc(-n3cccn3)cc2)CC1. The van der Waals surface area contributed by atoms with Crippen molar-refractivity contribution in [2.24, 2.45) is 0 Å². The Labute approximate surface area is 143 Å². The monoisotopic (exact) mass is 349 g/mol. The van der Waals surface area contributed by atoms with Crippen molar-refractivity contribution >= 4 is 10.2 Å². The van der Waals surface area contributed by atoms with Crippen LogP contribution in [-0.4, -0.2) is 72.0 Å². The molecule has 0 amide bonds. The molecule has 2 heterocycles. The molecule has 1 aliphatic heterocycles. The molecule has 0 aliphatic carbocycles. The van der Waals surface area contributed by atoms with Crippen LogP contribution in [0.1, 0.15) is 5.56 Å². The van der Waals surface area contributed by atoms with Gasteiger partial charge < -0.3 is 0 Å². The maximum atomic E-state index is 12.1. The van der Waals surface area contributed by atoms with Gasteiger partial charge in [0.2, 0.25) is 0 Å². The van der Waals surface area contributed by atoms with Gasteiger partial charge in [0.15, 0.2) is 0 Å². The first-order valence-electron chi connectivity index (χ1n) is 7.96. The largest absolute Gasteiger partial charge is 0.296 e. The molecule has 0 atom stereocenters. The van der Waals surface area contributed by atoms with Gasteiger partial charge in [0.05, 0.1) is 5.69 Å². The maximum Gasteiger partial charge on any atom is 0.281 e. The normalized spacial score (nSPS) is 17.5. The number of rotatable bonds is 5. The Bertz CT molecular complexity index is 748. The Balaban J connectivity index is 1.57. The summed E-state index contributed by atoms with van der Waals surface area (Å²) in [5, 5.41) is 4.22. The van der Waals surface area contributed by atoms with Gasteiger partial charge in [-0.2, -0.15) is 22.1 Å². The van der Waals surface area contributed by atoms with Gasteiger partial charge in [0.25, 0.3) is 10.2 Å². The van der Waals surface area contributed by atoms with Crippen LogP contribution in [0.5, 0.6) is 0 Å². The molecule has 0 bridgehead atoms. The summed E-state index contributed by atoms with van der Waals surface area (Å²) in [7, 11) is -0.152. The van der Waals surface area contributed by atoms with Crippen molar-refractivity contribution in [2.75, 3.05) is 40.3 Å². The highest BCUT2D eigenvalue weighted by Crippen LogP contribution is 2.14. The number of piperazine rings is 1. The van der Waals surface area contributed by atoms with E-state index in [9.17, 15) is 8.42 Å². The van der Waals surface area contributed by atoms with E-state index in [1.165, 1.54) is 9.87 Å². The first-order valence-corrected chi connectivity index (χ1v) is 9.35. The first-order chi connectivity index (χ1) is 11.5. The van der Waals surface area contributed by atoms with Gasteiger partial charge in [-0.05, 0) is 23.8 Å². The summed E-state index contributed by atoms with van der Waals surface area (Å²) in [4.78, 5) is 2.28. The second-order valence-electron chi connectivity index (χ2n) is 6.08.